The number of para-hydroxylation sites is 2. The van der Waals surface area contributed by atoms with E-state index in [1.165, 1.54) is 22.1 Å². The van der Waals surface area contributed by atoms with Crippen molar-refractivity contribution in [3.63, 3.8) is 0 Å². The van der Waals surface area contributed by atoms with Gasteiger partial charge in [0.1, 0.15) is 0 Å². The smallest absolute Gasteiger partial charge is 0.238 e. The topological polar surface area (TPSA) is 48.5 Å². The van der Waals surface area contributed by atoms with E-state index in [2.05, 4.69) is 209 Å². The zero-order valence-corrected chi connectivity index (χ0v) is 33.6. The molecule has 0 bridgehead atoms. The van der Waals surface area contributed by atoms with Crippen molar-refractivity contribution in [2.24, 2.45) is 0 Å². The van der Waals surface area contributed by atoms with E-state index in [1.807, 2.05) is 24.3 Å². The van der Waals surface area contributed by atoms with Gasteiger partial charge in [0, 0.05) is 38.4 Å². The first-order valence-electron chi connectivity index (χ1n) is 20.9. The molecule has 0 radical (unpaired) electrons. The van der Waals surface area contributed by atoms with E-state index in [1.54, 1.807) is 0 Å². The molecular formula is C57H37N5. The normalized spacial score (nSPS) is 11.5. The van der Waals surface area contributed by atoms with Crippen LogP contribution in [0.5, 0.6) is 0 Å². The van der Waals surface area contributed by atoms with E-state index < -0.39 is 0 Å². The Morgan fingerprint density at radius 1 is 0.258 bits per heavy atom. The lowest BCUT2D eigenvalue weighted by molar-refractivity contribution is 0.953. The molecule has 0 aliphatic heterocycles. The predicted molar refractivity (Wildman–Crippen MR) is 256 cm³/mol. The molecule has 3 aromatic heterocycles. The molecule has 12 rings (SSSR count). The van der Waals surface area contributed by atoms with Gasteiger partial charge in [-0.2, -0.15) is 9.97 Å². The molecule has 0 atom stereocenters. The third kappa shape index (κ3) is 5.98. The van der Waals surface area contributed by atoms with Gasteiger partial charge in [0.15, 0.2) is 11.6 Å². The molecule has 0 N–H and O–H groups in total. The zero-order valence-electron chi connectivity index (χ0n) is 33.6. The van der Waals surface area contributed by atoms with Gasteiger partial charge in [-0.3, -0.25) is 4.57 Å². The number of nitrogens with zero attached hydrogens (tertiary/aromatic N) is 5. The van der Waals surface area contributed by atoms with Crippen LogP contribution in [0.25, 0.3) is 111 Å². The Morgan fingerprint density at radius 2 is 0.661 bits per heavy atom. The number of hydrogen-bond acceptors (Lipinski definition) is 3. The molecule has 12 aromatic rings. The number of aromatic nitrogens is 5. The highest BCUT2D eigenvalue weighted by Crippen LogP contribution is 2.42. The van der Waals surface area contributed by atoms with Crippen LogP contribution in [0.4, 0.5) is 0 Å². The lowest BCUT2D eigenvalue weighted by Gasteiger charge is -2.14. The minimum atomic E-state index is 0.559. The molecule has 9 aromatic carbocycles. The Balaban J connectivity index is 1.09. The molecule has 0 aliphatic rings. The lowest BCUT2D eigenvalue weighted by Crippen LogP contribution is -2.07. The van der Waals surface area contributed by atoms with Crippen LogP contribution in [-0.4, -0.2) is 24.1 Å². The second-order valence-electron chi connectivity index (χ2n) is 15.6. The van der Waals surface area contributed by atoms with Crippen LogP contribution in [0, 0.1) is 0 Å². The van der Waals surface area contributed by atoms with Gasteiger partial charge in [-0.15, -0.1) is 0 Å². The fourth-order valence-electron chi connectivity index (χ4n) is 9.04. The molecule has 290 valence electrons. The minimum absolute atomic E-state index is 0.559. The molecular weight excluding hydrogens is 755 g/mol. The van der Waals surface area contributed by atoms with Crippen LogP contribution in [-0.2, 0) is 0 Å². The summed E-state index contributed by atoms with van der Waals surface area (Å²) in [5.74, 6) is 1.78. The van der Waals surface area contributed by atoms with Crippen LogP contribution in [0.15, 0.2) is 224 Å². The van der Waals surface area contributed by atoms with Crippen molar-refractivity contribution in [2.45, 2.75) is 0 Å². The molecule has 0 aliphatic carbocycles. The fourth-order valence-corrected chi connectivity index (χ4v) is 9.04. The van der Waals surface area contributed by atoms with Gasteiger partial charge in [0.2, 0.25) is 5.95 Å². The van der Waals surface area contributed by atoms with Crippen molar-refractivity contribution in [1.82, 2.24) is 24.1 Å². The van der Waals surface area contributed by atoms with Gasteiger partial charge < -0.3 is 4.57 Å². The van der Waals surface area contributed by atoms with Crippen molar-refractivity contribution < 1.29 is 0 Å². The Kier molecular flexibility index (Phi) is 8.42. The van der Waals surface area contributed by atoms with Gasteiger partial charge in [0.05, 0.1) is 22.1 Å². The van der Waals surface area contributed by atoms with E-state index in [0.29, 0.717) is 17.6 Å². The highest BCUT2D eigenvalue weighted by Gasteiger charge is 2.23. The van der Waals surface area contributed by atoms with E-state index >= 15 is 0 Å². The number of fused-ring (bicyclic) bond motifs is 7. The summed E-state index contributed by atoms with van der Waals surface area (Å²) in [4.78, 5) is 15.8. The van der Waals surface area contributed by atoms with Crippen LogP contribution in [0.1, 0.15) is 0 Å². The van der Waals surface area contributed by atoms with Gasteiger partial charge in [-0.1, -0.05) is 194 Å². The molecule has 3 heterocycles. The largest absolute Gasteiger partial charge is 0.307 e. The summed E-state index contributed by atoms with van der Waals surface area (Å²) >= 11 is 0. The van der Waals surface area contributed by atoms with Gasteiger partial charge in [-0.05, 0) is 63.7 Å². The Bertz CT molecular complexity index is 3590. The molecule has 5 nitrogen and oxygen atoms in total. The Hall–Kier alpha value is -8.41. The first-order chi connectivity index (χ1) is 30.7. The highest BCUT2D eigenvalue weighted by molar-refractivity contribution is 6.23. The summed E-state index contributed by atoms with van der Waals surface area (Å²) in [5.41, 5.74) is 14.2. The molecule has 0 spiro atoms. The van der Waals surface area contributed by atoms with Crippen LogP contribution in [0.2, 0.25) is 0 Å². The van der Waals surface area contributed by atoms with Crippen molar-refractivity contribution in [2.75, 3.05) is 0 Å². The zero-order chi connectivity index (χ0) is 41.0. The van der Waals surface area contributed by atoms with Crippen molar-refractivity contribution in [1.29, 1.82) is 0 Å². The van der Waals surface area contributed by atoms with Crippen LogP contribution in [0.3, 0.4) is 0 Å². The predicted octanol–water partition coefficient (Wildman–Crippen LogP) is 14.4. The second kappa shape index (κ2) is 14.7. The third-order valence-electron chi connectivity index (χ3n) is 12.0. The molecule has 0 fully saturated rings. The maximum atomic E-state index is 5.37. The molecule has 62 heavy (non-hydrogen) atoms. The van der Waals surface area contributed by atoms with E-state index in [0.717, 1.165) is 71.7 Å². The summed E-state index contributed by atoms with van der Waals surface area (Å²) in [6, 6.07) is 79.3. The second-order valence-corrected chi connectivity index (χ2v) is 15.6. The number of benzene rings is 9. The van der Waals surface area contributed by atoms with E-state index in [-0.39, 0.29) is 0 Å². The molecule has 0 saturated carbocycles. The molecule has 0 unspecified atom stereocenters. The molecule has 0 amide bonds. The summed E-state index contributed by atoms with van der Waals surface area (Å²) in [7, 11) is 0. The number of hydrogen-bond donors (Lipinski definition) is 0. The lowest BCUT2D eigenvalue weighted by atomic mass is 10.0. The summed E-state index contributed by atoms with van der Waals surface area (Å²) in [6.45, 7) is 0. The summed E-state index contributed by atoms with van der Waals surface area (Å²) in [5, 5.41) is 4.60. The average molecular weight is 792 g/mol. The first-order valence-corrected chi connectivity index (χ1v) is 20.9. The van der Waals surface area contributed by atoms with E-state index in [9.17, 15) is 0 Å². The first kappa shape index (κ1) is 35.5. The average Bonchev–Trinajstić information content (AvgIpc) is 3.88. The fraction of sp³-hybridized carbons (Fsp3) is 0. The quantitative estimate of drug-likeness (QED) is 0.162. The van der Waals surface area contributed by atoms with Crippen molar-refractivity contribution in [3.05, 3.63) is 224 Å². The third-order valence-corrected chi connectivity index (χ3v) is 12.0. The van der Waals surface area contributed by atoms with Crippen LogP contribution < -0.4 is 0 Å². The highest BCUT2D eigenvalue weighted by atomic mass is 15.2. The van der Waals surface area contributed by atoms with Crippen molar-refractivity contribution in [3.8, 4) is 67.8 Å². The van der Waals surface area contributed by atoms with Gasteiger partial charge in [0.25, 0.3) is 0 Å². The monoisotopic (exact) mass is 791 g/mol. The summed E-state index contributed by atoms with van der Waals surface area (Å²) in [6.07, 6.45) is 0. The maximum Gasteiger partial charge on any atom is 0.238 e. The van der Waals surface area contributed by atoms with Gasteiger partial charge >= 0.3 is 0 Å². The SMILES string of the molecule is c1ccc(-c2ccc(-c3ccc(-n4c5ccccc5c5ccc6c7ccccc7n(-c7nc(-c8ccccc8)nc(-c8cccc(-c9ccccc9)c8)n7)c6c54)cc3)cc2)cc1. The standard InChI is InChI=1S/C57H37N5/c1-4-15-38(16-5-1)40-27-29-41(30-28-40)42-31-33-46(34-32-42)61-51-25-12-10-23-47(51)49-35-36-50-48-24-11-13-26-52(48)62(54(50)53(49)61)57-59-55(43-19-8-3-9-20-43)58-56(60-57)45-22-14-21-44(37-45)39-17-6-2-7-18-39/h1-37H. The minimum Gasteiger partial charge on any atom is -0.307 e. The molecule has 5 heteroatoms. The summed E-state index contributed by atoms with van der Waals surface area (Å²) < 4.78 is 4.66. The molecule has 0 saturated heterocycles. The Labute approximate surface area is 358 Å². The van der Waals surface area contributed by atoms with Crippen molar-refractivity contribution >= 4 is 43.6 Å². The van der Waals surface area contributed by atoms with Gasteiger partial charge in [-0.25, -0.2) is 4.98 Å². The number of rotatable bonds is 7. The van der Waals surface area contributed by atoms with E-state index in [4.69, 9.17) is 15.0 Å². The maximum absolute atomic E-state index is 5.37. The Morgan fingerprint density at radius 3 is 1.24 bits per heavy atom. The van der Waals surface area contributed by atoms with Crippen LogP contribution >= 0.6 is 0 Å².